The summed E-state index contributed by atoms with van der Waals surface area (Å²) in [7, 11) is 0. The first kappa shape index (κ1) is 18.4. The number of rotatable bonds is 5. The van der Waals surface area contributed by atoms with E-state index in [0.29, 0.717) is 12.3 Å². The molecule has 3 atom stereocenters. The van der Waals surface area contributed by atoms with Crippen molar-refractivity contribution in [1.82, 2.24) is 15.5 Å². The lowest BCUT2D eigenvalue weighted by molar-refractivity contribution is -0.135. The summed E-state index contributed by atoms with van der Waals surface area (Å²) in [4.78, 5) is 39.0. The molecule has 140 valence electrons. The Balaban J connectivity index is 1.71. The summed E-state index contributed by atoms with van der Waals surface area (Å²) in [6.45, 7) is 3.76. The van der Waals surface area contributed by atoms with Crippen LogP contribution in [0.2, 0.25) is 0 Å². The monoisotopic (exact) mass is 357 g/mol. The van der Waals surface area contributed by atoms with Crippen LogP contribution in [0.15, 0.2) is 30.3 Å². The number of carbonyl (C=O) groups is 3. The number of benzene rings is 1. The maximum absolute atomic E-state index is 13.0. The van der Waals surface area contributed by atoms with Gasteiger partial charge >= 0.3 is 6.03 Å². The van der Waals surface area contributed by atoms with Crippen molar-refractivity contribution in [2.45, 2.75) is 57.5 Å². The number of hydrogen-bond acceptors (Lipinski definition) is 3. The van der Waals surface area contributed by atoms with Crippen LogP contribution in [0.3, 0.4) is 0 Å². The number of nitrogens with one attached hydrogen (secondary N) is 2. The Morgan fingerprint density at radius 3 is 2.58 bits per heavy atom. The summed E-state index contributed by atoms with van der Waals surface area (Å²) in [5, 5.41) is 5.82. The molecule has 2 N–H and O–H groups in total. The Morgan fingerprint density at radius 1 is 1.23 bits per heavy atom. The van der Waals surface area contributed by atoms with Crippen molar-refractivity contribution < 1.29 is 14.4 Å². The zero-order chi connectivity index (χ0) is 18.7. The third kappa shape index (κ3) is 3.32. The number of carbonyl (C=O) groups excluding carboxylic acids is 3. The highest BCUT2D eigenvalue weighted by atomic mass is 16.2. The van der Waals surface area contributed by atoms with E-state index in [1.165, 1.54) is 6.42 Å². The van der Waals surface area contributed by atoms with E-state index < -0.39 is 11.6 Å². The molecule has 6 nitrogen and oxygen atoms in total. The molecule has 26 heavy (non-hydrogen) atoms. The van der Waals surface area contributed by atoms with Crippen molar-refractivity contribution in [3.8, 4) is 0 Å². The quantitative estimate of drug-likeness (QED) is 0.795. The maximum Gasteiger partial charge on any atom is 0.325 e. The van der Waals surface area contributed by atoms with E-state index in [2.05, 4.69) is 17.6 Å². The molecule has 1 heterocycles. The molecule has 0 radical (unpaired) electrons. The van der Waals surface area contributed by atoms with Crippen LogP contribution >= 0.6 is 0 Å². The van der Waals surface area contributed by atoms with Crippen LogP contribution in [0, 0.1) is 5.92 Å². The Labute approximate surface area is 154 Å². The topological polar surface area (TPSA) is 78.5 Å². The molecule has 1 aromatic rings. The minimum atomic E-state index is -1.09. The van der Waals surface area contributed by atoms with Gasteiger partial charge in [0.15, 0.2) is 0 Å². The fraction of sp³-hybridized carbons (Fsp3) is 0.550. The fourth-order valence-electron chi connectivity index (χ4n) is 4.06. The lowest BCUT2D eigenvalue weighted by Crippen LogP contribution is -2.48. The van der Waals surface area contributed by atoms with Crippen LogP contribution < -0.4 is 10.6 Å². The van der Waals surface area contributed by atoms with E-state index in [1.807, 2.05) is 37.3 Å². The molecule has 2 fully saturated rings. The molecule has 6 heteroatoms. The number of hydrogen-bond donors (Lipinski definition) is 2. The molecule has 1 aliphatic heterocycles. The zero-order valence-electron chi connectivity index (χ0n) is 15.5. The molecule has 1 saturated carbocycles. The standard InChI is InChI=1S/C20H27N3O3/c1-3-20(15-10-5-4-6-11-15)18(25)23(19(26)22-20)13-17(24)21-16-12-8-7-9-14(16)2/h4-6,10-11,14,16H,3,7-9,12-13H2,1-2H3,(H,21,24)(H,22,26)/t14-,16-,20+/m0/s1. The molecular formula is C20H27N3O3. The van der Waals surface area contributed by atoms with Crippen LogP contribution in [0.25, 0.3) is 0 Å². The summed E-state index contributed by atoms with van der Waals surface area (Å²) in [6, 6.07) is 8.82. The van der Waals surface area contributed by atoms with Crippen molar-refractivity contribution in [3.05, 3.63) is 35.9 Å². The average Bonchev–Trinajstić information content (AvgIpc) is 2.89. The lowest BCUT2D eigenvalue weighted by Gasteiger charge is -2.30. The van der Waals surface area contributed by atoms with Crippen LogP contribution in [0.1, 0.15) is 51.5 Å². The normalized spacial score (nSPS) is 28.8. The fourth-order valence-corrected chi connectivity index (χ4v) is 4.06. The number of amides is 4. The minimum absolute atomic E-state index is 0.127. The van der Waals surface area contributed by atoms with Crippen LogP contribution in [0.5, 0.6) is 0 Å². The van der Waals surface area contributed by atoms with Crippen LogP contribution in [-0.4, -0.2) is 35.3 Å². The molecule has 4 amide bonds. The second-order valence-electron chi connectivity index (χ2n) is 7.38. The van der Waals surface area contributed by atoms with Crippen molar-refractivity contribution >= 4 is 17.8 Å². The third-order valence-electron chi connectivity index (χ3n) is 5.73. The molecule has 2 aliphatic rings. The Kier molecular flexibility index (Phi) is 5.30. The second-order valence-corrected chi connectivity index (χ2v) is 7.38. The van der Waals surface area contributed by atoms with E-state index in [0.717, 1.165) is 29.7 Å². The van der Waals surface area contributed by atoms with Crippen molar-refractivity contribution in [1.29, 1.82) is 0 Å². The predicted molar refractivity (Wildman–Crippen MR) is 98.2 cm³/mol. The van der Waals surface area contributed by atoms with Crippen LogP contribution in [0.4, 0.5) is 4.79 Å². The number of imide groups is 1. The van der Waals surface area contributed by atoms with Gasteiger partial charge in [-0.05, 0) is 30.7 Å². The molecule has 3 rings (SSSR count). The second kappa shape index (κ2) is 7.48. The first-order valence-corrected chi connectivity index (χ1v) is 9.47. The van der Waals surface area contributed by atoms with Gasteiger partial charge in [-0.25, -0.2) is 4.79 Å². The van der Waals surface area contributed by atoms with E-state index in [4.69, 9.17) is 0 Å². The summed E-state index contributed by atoms with van der Waals surface area (Å²) in [6.07, 6.45) is 4.78. The molecule has 0 bridgehead atoms. The van der Waals surface area contributed by atoms with Gasteiger partial charge in [-0.15, -0.1) is 0 Å². The van der Waals surface area contributed by atoms with Gasteiger partial charge in [0.05, 0.1) is 0 Å². The predicted octanol–water partition coefficient (Wildman–Crippen LogP) is 2.54. The Hall–Kier alpha value is -2.37. The first-order valence-electron chi connectivity index (χ1n) is 9.47. The van der Waals surface area contributed by atoms with E-state index in [-0.39, 0.29) is 24.4 Å². The van der Waals surface area contributed by atoms with Gasteiger partial charge in [0.2, 0.25) is 5.91 Å². The molecule has 0 aromatic heterocycles. The summed E-state index contributed by atoms with van der Waals surface area (Å²) in [5.41, 5.74) is -0.346. The van der Waals surface area contributed by atoms with Gasteiger partial charge in [0.1, 0.15) is 12.1 Å². The van der Waals surface area contributed by atoms with Gasteiger partial charge in [0.25, 0.3) is 5.91 Å². The molecule has 0 unspecified atom stereocenters. The smallest absolute Gasteiger partial charge is 0.325 e. The molecule has 1 aromatic carbocycles. The van der Waals surface area contributed by atoms with E-state index >= 15 is 0 Å². The molecule has 0 spiro atoms. The highest BCUT2D eigenvalue weighted by molar-refractivity contribution is 6.09. The first-order chi connectivity index (χ1) is 12.5. The highest BCUT2D eigenvalue weighted by Crippen LogP contribution is 2.32. The van der Waals surface area contributed by atoms with Gasteiger partial charge in [-0.2, -0.15) is 0 Å². The van der Waals surface area contributed by atoms with E-state index in [1.54, 1.807) is 0 Å². The Bertz CT molecular complexity index is 691. The van der Waals surface area contributed by atoms with Gasteiger partial charge in [0, 0.05) is 6.04 Å². The summed E-state index contributed by atoms with van der Waals surface area (Å²) in [5.74, 6) is -0.204. The van der Waals surface area contributed by atoms with Crippen molar-refractivity contribution in [2.75, 3.05) is 6.54 Å². The Morgan fingerprint density at radius 2 is 1.92 bits per heavy atom. The van der Waals surface area contributed by atoms with Gasteiger partial charge in [-0.3, -0.25) is 14.5 Å². The van der Waals surface area contributed by atoms with Crippen molar-refractivity contribution in [2.24, 2.45) is 5.92 Å². The van der Waals surface area contributed by atoms with Crippen molar-refractivity contribution in [3.63, 3.8) is 0 Å². The van der Waals surface area contributed by atoms with Gasteiger partial charge in [-0.1, -0.05) is 57.0 Å². The third-order valence-corrected chi connectivity index (χ3v) is 5.73. The largest absolute Gasteiger partial charge is 0.352 e. The molecular weight excluding hydrogens is 330 g/mol. The molecule has 1 saturated heterocycles. The van der Waals surface area contributed by atoms with Crippen LogP contribution in [-0.2, 0) is 15.1 Å². The number of nitrogens with zero attached hydrogens (tertiary/aromatic N) is 1. The van der Waals surface area contributed by atoms with E-state index in [9.17, 15) is 14.4 Å². The average molecular weight is 357 g/mol. The summed E-state index contributed by atoms with van der Waals surface area (Å²) >= 11 is 0. The number of urea groups is 1. The zero-order valence-corrected chi connectivity index (χ0v) is 15.5. The molecule has 1 aliphatic carbocycles. The summed E-state index contributed by atoms with van der Waals surface area (Å²) < 4.78 is 0. The highest BCUT2D eigenvalue weighted by Gasteiger charge is 2.51. The maximum atomic E-state index is 13.0. The van der Waals surface area contributed by atoms with Gasteiger partial charge < -0.3 is 10.6 Å². The minimum Gasteiger partial charge on any atom is -0.352 e. The lowest BCUT2D eigenvalue weighted by atomic mass is 9.86. The SMILES string of the molecule is CC[C@]1(c2ccccc2)NC(=O)N(CC(=O)N[C@H]2CCCC[C@@H]2C)C1=O.